The van der Waals surface area contributed by atoms with Gasteiger partial charge in [0.2, 0.25) is 0 Å². The van der Waals surface area contributed by atoms with Crippen LogP contribution in [0.25, 0.3) is 0 Å². The number of hydrogen-bond donors (Lipinski definition) is 3. The summed E-state index contributed by atoms with van der Waals surface area (Å²) in [7, 11) is 0. The van der Waals surface area contributed by atoms with E-state index >= 15 is 0 Å². The number of allylic oxidation sites excluding steroid dienone is 4. The molecule has 0 saturated carbocycles. The first kappa shape index (κ1) is 30.6. The van der Waals surface area contributed by atoms with Crippen LogP contribution in [-0.2, 0) is 4.79 Å². The molecule has 0 spiro atoms. The van der Waals surface area contributed by atoms with Gasteiger partial charge in [0.25, 0.3) is 5.91 Å². The van der Waals surface area contributed by atoms with Crippen LogP contribution >= 0.6 is 11.8 Å². The smallest absolute Gasteiger partial charge is 0.391 e. The Morgan fingerprint density at radius 1 is 1.11 bits per heavy atom. The van der Waals surface area contributed by atoms with Crippen molar-refractivity contribution < 1.29 is 23.1 Å². The molecule has 1 aromatic carbocycles. The van der Waals surface area contributed by atoms with Crippen LogP contribution in [0.2, 0.25) is 0 Å². The lowest BCUT2D eigenvalue weighted by Crippen LogP contribution is -2.38. The molecule has 8 heteroatoms. The molecule has 0 aliphatic rings. The van der Waals surface area contributed by atoms with Crippen LogP contribution in [0.15, 0.2) is 76.4 Å². The Morgan fingerprint density at radius 3 is 2.14 bits per heavy atom. The summed E-state index contributed by atoms with van der Waals surface area (Å²) in [6.45, 7) is 15.5. The Hall–Kier alpha value is -2.45. The molecule has 0 aliphatic heterocycles. The Labute approximate surface area is 211 Å². The second-order valence-corrected chi connectivity index (χ2v) is 10.4. The molecule has 3 N–H and O–H groups in total. The number of aliphatic hydroxyl groups is 1. The van der Waals surface area contributed by atoms with Gasteiger partial charge in [-0.15, -0.1) is 11.8 Å². The van der Waals surface area contributed by atoms with Gasteiger partial charge < -0.3 is 15.7 Å². The molecule has 0 fully saturated rings. The highest BCUT2D eigenvalue weighted by molar-refractivity contribution is 7.99. The molecule has 0 saturated heterocycles. The molecular weight excluding hydrogens is 473 g/mol. The molecule has 4 nitrogen and oxygen atoms in total. The van der Waals surface area contributed by atoms with Crippen LogP contribution in [0.3, 0.4) is 0 Å². The first-order chi connectivity index (χ1) is 16.2. The molecule has 0 radical (unpaired) electrons. The lowest BCUT2D eigenvalue weighted by Gasteiger charge is -2.28. The van der Waals surface area contributed by atoms with Crippen molar-refractivity contribution in [1.29, 1.82) is 0 Å². The van der Waals surface area contributed by atoms with E-state index in [1.807, 2.05) is 12.1 Å². The summed E-state index contributed by atoms with van der Waals surface area (Å²) < 4.78 is 41.2. The van der Waals surface area contributed by atoms with Crippen molar-refractivity contribution in [1.82, 2.24) is 5.32 Å². The minimum atomic E-state index is -4.51. The van der Waals surface area contributed by atoms with Crippen LogP contribution < -0.4 is 10.6 Å². The van der Waals surface area contributed by atoms with Gasteiger partial charge in [-0.25, -0.2) is 0 Å². The molecule has 194 valence electrons. The van der Waals surface area contributed by atoms with Crippen LogP contribution in [0, 0.1) is 5.92 Å². The molecule has 0 aliphatic carbocycles. The van der Waals surface area contributed by atoms with Crippen molar-refractivity contribution in [3.63, 3.8) is 0 Å². The molecule has 1 rings (SSSR count). The lowest BCUT2D eigenvalue weighted by atomic mass is 9.91. The fourth-order valence-corrected chi connectivity index (χ4v) is 3.83. The third-order valence-corrected chi connectivity index (χ3v) is 6.41. The predicted octanol–water partition coefficient (Wildman–Crippen LogP) is 7.02. The van der Waals surface area contributed by atoms with Gasteiger partial charge >= 0.3 is 6.18 Å². The average Bonchev–Trinajstić information content (AvgIpc) is 2.77. The number of aliphatic hydroxyl groups excluding tert-OH is 1. The monoisotopic (exact) mass is 510 g/mol. The van der Waals surface area contributed by atoms with Gasteiger partial charge in [0, 0.05) is 33.1 Å². The number of rotatable bonds is 11. The van der Waals surface area contributed by atoms with E-state index in [2.05, 4.69) is 31.1 Å². The number of amides is 1. The number of carbonyl (C=O) groups is 1. The van der Waals surface area contributed by atoms with E-state index in [4.69, 9.17) is 0 Å². The Balaban J connectivity index is 3.40. The van der Waals surface area contributed by atoms with Crippen molar-refractivity contribution in [2.24, 2.45) is 5.92 Å². The van der Waals surface area contributed by atoms with Gasteiger partial charge in [-0.3, -0.25) is 4.79 Å². The number of benzene rings is 1. The van der Waals surface area contributed by atoms with Crippen molar-refractivity contribution in [3.05, 3.63) is 71.5 Å². The standard InChI is InChI=1S/C27H37F3N2O2S/c1-9-10-11-24(19(6)27(28,29)30)25(31-20(7)21(8)33)17(4)18(5)26(34)32-22-12-14-23(15-13-22)35-16(2)3/h9-16,19-21,31,33H,5H2,1-4,6-8H3,(H,32,34)/b10-9-,24-11+,25-17-. The molecule has 3 unspecified atom stereocenters. The van der Waals surface area contributed by atoms with Crippen LogP contribution in [0.1, 0.15) is 48.5 Å². The fourth-order valence-electron chi connectivity index (χ4n) is 2.99. The molecule has 0 aromatic heterocycles. The van der Waals surface area contributed by atoms with Crippen molar-refractivity contribution >= 4 is 23.4 Å². The number of anilines is 1. The zero-order valence-corrected chi connectivity index (χ0v) is 22.3. The summed E-state index contributed by atoms with van der Waals surface area (Å²) in [5.41, 5.74) is 0.896. The van der Waals surface area contributed by atoms with Crippen molar-refractivity contribution in [2.75, 3.05) is 5.32 Å². The third-order valence-electron chi connectivity index (χ3n) is 5.40. The average molecular weight is 511 g/mol. The van der Waals surface area contributed by atoms with Gasteiger partial charge in [0.15, 0.2) is 0 Å². The quantitative estimate of drug-likeness (QED) is 0.170. The highest BCUT2D eigenvalue weighted by atomic mass is 32.2. The molecule has 1 amide bonds. The number of hydrogen-bond acceptors (Lipinski definition) is 4. The minimum absolute atomic E-state index is 0.0201. The summed E-state index contributed by atoms with van der Waals surface area (Å²) in [6.07, 6.45) is -0.842. The van der Waals surface area contributed by atoms with E-state index in [1.54, 1.807) is 50.7 Å². The predicted molar refractivity (Wildman–Crippen MR) is 140 cm³/mol. The lowest BCUT2D eigenvalue weighted by molar-refractivity contribution is -0.158. The summed E-state index contributed by atoms with van der Waals surface area (Å²) >= 11 is 1.69. The summed E-state index contributed by atoms with van der Waals surface area (Å²) in [5, 5.41) is 16.1. The van der Waals surface area contributed by atoms with Crippen LogP contribution in [-0.4, -0.2) is 34.6 Å². The first-order valence-electron chi connectivity index (χ1n) is 11.5. The second-order valence-electron chi connectivity index (χ2n) is 8.71. The van der Waals surface area contributed by atoms with Gasteiger partial charge in [-0.1, -0.05) is 38.7 Å². The molecule has 1 aromatic rings. The zero-order valence-electron chi connectivity index (χ0n) is 21.5. The summed E-state index contributed by atoms with van der Waals surface area (Å²) in [6, 6.07) is 6.76. The van der Waals surface area contributed by atoms with E-state index in [1.165, 1.54) is 19.1 Å². The molecule has 3 atom stereocenters. The van der Waals surface area contributed by atoms with E-state index in [9.17, 15) is 23.1 Å². The molecule has 35 heavy (non-hydrogen) atoms. The zero-order chi connectivity index (χ0) is 26.9. The molecule has 0 heterocycles. The van der Waals surface area contributed by atoms with E-state index in [-0.39, 0.29) is 22.4 Å². The van der Waals surface area contributed by atoms with Crippen molar-refractivity contribution in [2.45, 2.75) is 76.9 Å². The topological polar surface area (TPSA) is 61.4 Å². The van der Waals surface area contributed by atoms with Crippen LogP contribution in [0.4, 0.5) is 18.9 Å². The van der Waals surface area contributed by atoms with Gasteiger partial charge in [0.1, 0.15) is 0 Å². The minimum Gasteiger partial charge on any atom is -0.391 e. The Kier molecular flexibility index (Phi) is 11.9. The number of thioether (sulfide) groups is 1. The fraction of sp³-hybridized carbons (Fsp3) is 0.444. The Morgan fingerprint density at radius 2 is 1.69 bits per heavy atom. The van der Waals surface area contributed by atoms with E-state index < -0.39 is 30.1 Å². The number of nitrogens with one attached hydrogen (secondary N) is 2. The Bertz CT molecular complexity index is 962. The van der Waals surface area contributed by atoms with E-state index in [0.717, 1.165) is 11.8 Å². The maximum atomic E-state index is 13.7. The molecule has 0 bridgehead atoms. The summed E-state index contributed by atoms with van der Waals surface area (Å²) in [5.74, 6) is -2.35. The maximum Gasteiger partial charge on any atom is 0.395 e. The highest BCUT2D eigenvalue weighted by Gasteiger charge is 2.40. The van der Waals surface area contributed by atoms with Crippen molar-refractivity contribution in [3.8, 4) is 0 Å². The SMILES string of the molecule is C=C(C(=O)Nc1ccc(SC(C)C)cc1)/C(C)=C(NC(C)C(C)O)/C(=C/C=C\C)C(C)C(F)(F)F. The second kappa shape index (κ2) is 13.6. The van der Waals surface area contributed by atoms with Gasteiger partial charge in [-0.05, 0) is 70.0 Å². The third kappa shape index (κ3) is 9.61. The van der Waals surface area contributed by atoms with Gasteiger partial charge in [-0.2, -0.15) is 13.2 Å². The number of halogens is 3. The maximum absolute atomic E-state index is 13.7. The van der Waals surface area contributed by atoms with Crippen LogP contribution in [0.5, 0.6) is 0 Å². The summed E-state index contributed by atoms with van der Waals surface area (Å²) in [4.78, 5) is 14.0. The highest BCUT2D eigenvalue weighted by Crippen LogP contribution is 2.36. The number of carbonyl (C=O) groups excluding carboxylic acids is 1. The normalized spacial score (nSPS) is 16.1. The molecular formula is C27H37F3N2O2S. The van der Waals surface area contributed by atoms with E-state index in [0.29, 0.717) is 10.9 Å². The largest absolute Gasteiger partial charge is 0.395 e. The first-order valence-corrected chi connectivity index (χ1v) is 12.4. The number of alkyl halides is 3. The van der Waals surface area contributed by atoms with Gasteiger partial charge in [0.05, 0.1) is 12.0 Å².